The van der Waals surface area contributed by atoms with Crippen molar-refractivity contribution in [2.75, 3.05) is 11.5 Å². The molecule has 20 heavy (non-hydrogen) atoms. The maximum atomic E-state index is 6.16. The molecule has 0 N–H and O–H groups in total. The van der Waals surface area contributed by atoms with E-state index in [1.54, 1.807) is 0 Å². The van der Waals surface area contributed by atoms with Gasteiger partial charge < -0.3 is 4.74 Å². The summed E-state index contributed by atoms with van der Waals surface area (Å²) in [4.78, 5) is 0. The molecule has 1 aromatic carbocycles. The van der Waals surface area contributed by atoms with E-state index in [4.69, 9.17) is 4.74 Å². The van der Waals surface area contributed by atoms with Gasteiger partial charge in [-0.15, -0.1) is 23.5 Å². The highest BCUT2D eigenvalue weighted by Gasteiger charge is 2.23. The van der Waals surface area contributed by atoms with Crippen molar-refractivity contribution in [2.45, 2.75) is 50.4 Å². The fraction of sp³-hybridized carbons (Fsp3) is 0.647. The van der Waals surface area contributed by atoms with Crippen molar-refractivity contribution in [3.63, 3.8) is 0 Å². The lowest BCUT2D eigenvalue weighted by Crippen LogP contribution is -2.24. The van der Waals surface area contributed by atoms with Crippen molar-refractivity contribution in [2.24, 2.45) is 5.92 Å². The van der Waals surface area contributed by atoms with Crippen LogP contribution in [0, 0.1) is 5.92 Å². The van der Waals surface area contributed by atoms with Crippen molar-refractivity contribution in [1.29, 1.82) is 0 Å². The first kappa shape index (κ1) is 16.3. The number of hydrogen-bond donors (Lipinski definition) is 0. The van der Waals surface area contributed by atoms with Crippen LogP contribution in [-0.2, 0) is 11.3 Å². The minimum Gasteiger partial charge on any atom is -0.373 e. The highest BCUT2D eigenvalue weighted by Crippen LogP contribution is 2.36. The molecule has 0 aliphatic carbocycles. The number of benzene rings is 1. The molecule has 1 aliphatic rings. The molecule has 112 valence electrons. The third-order valence-corrected chi connectivity index (χ3v) is 6.80. The SMILES string of the molecule is CC[C@@H](OCc1ccccc1)[C@H](C)CC1SCCCS1. The van der Waals surface area contributed by atoms with Crippen LogP contribution < -0.4 is 0 Å². The third kappa shape index (κ3) is 5.34. The first-order chi connectivity index (χ1) is 9.79. The lowest BCUT2D eigenvalue weighted by molar-refractivity contribution is 0.00232. The van der Waals surface area contributed by atoms with E-state index in [9.17, 15) is 0 Å². The maximum Gasteiger partial charge on any atom is 0.0720 e. The Kier molecular flexibility index (Phi) is 7.32. The predicted molar refractivity (Wildman–Crippen MR) is 92.4 cm³/mol. The van der Waals surface area contributed by atoms with E-state index in [1.165, 1.54) is 29.9 Å². The molecule has 0 aromatic heterocycles. The Bertz CT molecular complexity index is 363. The molecule has 1 aliphatic heterocycles. The molecule has 0 amide bonds. The molecule has 0 unspecified atom stereocenters. The van der Waals surface area contributed by atoms with Crippen LogP contribution >= 0.6 is 23.5 Å². The summed E-state index contributed by atoms with van der Waals surface area (Å²) in [5.74, 6) is 3.32. The summed E-state index contributed by atoms with van der Waals surface area (Å²) < 4.78 is 6.95. The Balaban J connectivity index is 1.77. The minimum absolute atomic E-state index is 0.387. The van der Waals surface area contributed by atoms with Gasteiger partial charge in [-0.2, -0.15) is 0 Å². The molecule has 2 rings (SSSR count). The van der Waals surface area contributed by atoms with Crippen molar-refractivity contribution < 1.29 is 4.74 Å². The zero-order chi connectivity index (χ0) is 14.2. The van der Waals surface area contributed by atoms with Gasteiger partial charge in [0.2, 0.25) is 0 Å². The molecule has 1 heterocycles. The summed E-state index contributed by atoms with van der Waals surface area (Å²) in [5, 5.41) is 0. The molecule has 1 aromatic rings. The van der Waals surface area contributed by atoms with E-state index in [-0.39, 0.29) is 0 Å². The second kappa shape index (κ2) is 9.01. The number of hydrogen-bond acceptors (Lipinski definition) is 3. The zero-order valence-corrected chi connectivity index (χ0v) is 14.2. The Labute approximate surface area is 132 Å². The normalized spacial score (nSPS) is 19.7. The standard InChI is InChI=1S/C17H26OS2/c1-3-16(18-13-15-8-5-4-6-9-15)14(2)12-17-19-10-7-11-20-17/h4-6,8-9,14,16-17H,3,7,10-13H2,1-2H3/t14-,16-/m1/s1. The molecule has 1 nitrogen and oxygen atoms in total. The smallest absolute Gasteiger partial charge is 0.0720 e. The fourth-order valence-corrected chi connectivity index (χ4v) is 5.76. The Morgan fingerprint density at radius 1 is 1.20 bits per heavy atom. The van der Waals surface area contributed by atoms with Crippen LogP contribution in [0.5, 0.6) is 0 Å². The monoisotopic (exact) mass is 310 g/mol. The van der Waals surface area contributed by atoms with Crippen molar-refractivity contribution in [1.82, 2.24) is 0 Å². The second-order valence-corrected chi connectivity index (χ2v) is 8.40. The van der Waals surface area contributed by atoms with Crippen LogP contribution in [0.3, 0.4) is 0 Å². The summed E-state index contributed by atoms with van der Waals surface area (Å²) in [5.41, 5.74) is 1.28. The van der Waals surface area contributed by atoms with Crippen LogP contribution in [-0.4, -0.2) is 22.2 Å². The van der Waals surface area contributed by atoms with Gasteiger partial charge in [0.15, 0.2) is 0 Å². The number of rotatable bonds is 7. The Morgan fingerprint density at radius 3 is 2.55 bits per heavy atom. The van der Waals surface area contributed by atoms with Gasteiger partial charge in [0.05, 0.1) is 17.3 Å². The van der Waals surface area contributed by atoms with Crippen LogP contribution in [0.2, 0.25) is 0 Å². The molecule has 2 atom stereocenters. The van der Waals surface area contributed by atoms with E-state index in [0.717, 1.165) is 17.6 Å². The lowest BCUT2D eigenvalue weighted by Gasteiger charge is -2.28. The average Bonchev–Trinajstić information content (AvgIpc) is 2.50. The van der Waals surface area contributed by atoms with Crippen LogP contribution in [0.4, 0.5) is 0 Å². The van der Waals surface area contributed by atoms with Gasteiger partial charge in [0, 0.05) is 0 Å². The quantitative estimate of drug-likeness (QED) is 0.684. The average molecular weight is 311 g/mol. The van der Waals surface area contributed by atoms with Crippen molar-refractivity contribution in [3.8, 4) is 0 Å². The summed E-state index contributed by atoms with van der Waals surface area (Å²) >= 11 is 4.28. The van der Waals surface area contributed by atoms with E-state index in [2.05, 4.69) is 67.7 Å². The Hall–Kier alpha value is -0.120. The van der Waals surface area contributed by atoms with E-state index < -0.39 is 0 Å². The van der Waals surface area contributed by atoms with Gasteiger partial charge in [-0.25, -0.2) is 0 Å². The predicted octanol–water partition coefficient (Wildman–Crippen LogP) is 5.20. The molecule has 0 bridgehead atoms. The summed E-state index contributed by atoms with van der Waals surface area (Å²) in [6, 6.07) is 10.5. The van der Waals surface area contributed by atoms with E-state index >= 15 is 0 Å². The summed E-state index contributed by atoms with van der Waals surface area (Å²) in [6.45, 7) is 5.34. The summed E-state index contributed by atoms with van der Waals surface area (Å²) in [6.07, 6.45) is 4.15. The highest BCUT2D eigenvalue weighted by atomic mass is 32.2. The molecular weight excluding hydrogens is 284 g/mol. The molecule has 1 saturated heterocycles. The Morgan fingerprint density at radius 2 is 1.90 bits per heavy atom. The highest BCUT2D eigenvalue weighted by molar-refractivity contribution is 8.17. The van der Waals surface area contributed by atoms with Gasteiger partial charge in [0.1, 0.15) is 0 Å². The summed E-state index contributed by atoms with van der Waals surface area (Å²) in [7, 11) is 0. The molecule has 0 saturated carbocycles. The third-order valence-electron chi connectivity index (χ3n) is 3.80. The lowest BCUT2D eigenvalue weighted by atomic mass is 9.99. The maximum absolute atomic E-state index is 6.16. The van der Waals surface area contributed by atoms with Crippen molar-refractivity contribution >= 4 is 23.5 Å². The van der Waals surface area contributed by atoms with E-state index in [1.807, 2.05) is 0 Å². The molecule has 1 fully saturated rings. The van der Waals surface area contributed by atoms with Gasteiger partial charge in [0.25, 0.3) is 0 Å². The minimum atomic E-state index is 0.387. The van der Waals surface area contributed by atoms with Crippen LogP contribution in [0.1, 0.15) is 38.7 Å². The fourth-order valence-electron chi connectivity index (χ4n) is 2.59. The number of ether oxygens (including phenoxy) is 1. The molecule has 0 spiro atoms. The van der Waals surface area contributed by atoms with Crippen LogP contribution in [0.25, 0.3) is 0 Å². The zero-order valence-electron chi connectivity index (χ0n) is 12.6. The van der Waals surface area contributed by atoms with E-state index in [0.29, 0.717) is 12.0 Å². The molecule has 0 radical (unpaired) electrons. The largest absolute Gasteiger partial charge is 0.373 e. The second-order valence-electron chi connectivity index (χ2n) is 5.48. The van der Waals surface area contributed by atoms with Gasteiger partial charge in [-0.3, -0.25) is 0 Å². The first-order valence-corrected chi connectivity index (χ1v) is 9.78. The van der Waals surface area contributed by atoms with Crippen LogP contribution in [0.15, 0.2) is 30.3 Å². The molecular formula is C17H26OS2. The number of thioether (sulfide) groups is 2. The van der Waals surface area contributed by atoms with Crippen molar-refractivity contribution in [3.05, 3.63) is 35.9 Å². The van der Waals surface area contributed by atoms with Gasteiger partial charge in [-0.05, 0) is 42.2 Å². The van der Waals surface area contributed by atoms with Gasteiger partial charge >= 0.3 is 0 Å². The topological polar surface area (TPSA) is 9.23 Å². The molecule has 3 heteroatoms. The first-order valence-electron chi connectivity index (χ1n) is 7.68. The van der Waals surface area contributed by atoms with Gasteiger partial charge in [-0.1, -0.05) is 44.2 Å².